The number of ether oxygens (including phenoxy) is 1. The topological polar surface area (TPSA) is 68.5 Å². The molecule has 0 aliphatic heterocycles. The van der Waals surface area contributed by atoms with E-state index < -0.39 is 11.4 Å². The van der Waals surface area contributed by atoms with E-state index in [2.05, 4.69) is 0 Å². The van der Waals surface area contributed by atoms with Crippen molar-refractivity contribution in [3.05, 3.63) is 40.2 Å². The summed E-state index contributed by atoms with van der Waals surface area (Å²) in [5.41, 5.74) is -0.0578. The molecular formula is C14H15NO4. The number of carboxylic acids is 1. The largest absolute Gasteiger partial charge is 0.491 e. The van der Waals surface area contributed by atoms with Crippen LogP contribution in [-0.4, -0.2) is 21.7 Å². The molecule has 0 saturated heterocycles. The summed E-state index contributed by atoms with van der Waals surface area (Å²) >= 11 is 0. The Balaban J connectivity index is 2.72. The summed E-state index contributed by atoms with van der Waals surface area (Å²) in [5.74, 6) is -0.667. The summed E-state index contributed by atoms with van der Waals surface area (Å²) in [6.07, 6.45) is 1.32. The van der Waals surface area contributed by atoms with Crippen LogP contribution >= 0.6 is 0 Å². The van der Waals surface area contributed by atoms with Gasteiger partial charge in [0.05, 0.1) is 17.0 Å². The van der Waals surface area contributed by atoms with Gasteiger partial charge < -0.3 is 14.4 Å². The predicted molar refractivity (Wildman–Crippen MR) is 71.9 cm³/mol. The highest BCUT2D eigenvalue weighted by atomic mass is 16.5. The van der Waals surface area contributed by atoms with E-state index in [-0.39, 0.29) is 11.7 Å². The molecule has 1 aromatic carbocycles. The lowest BCUT2D eigenvalue weighted by Gasteiger charge is -2.12. The average Bonchev–Trinajstić information content (AvgIpc) is 2.32. The zero-order valence-corrected chi connectivity index (χ0v) is 11.0. The molecule has 0 aliphatic rings. The van der Waals surface area contributed by atoms with Crippen molar-refractivity contribution >= 4 is 16.9 Å². The van der Waals surface area contributed by atoms with Gasteiger partial charge in [-0.05, 0) is 32.0 Å². The third-order valence-corrected chi connectivity index (χ3v) is 2.76. The molecular weight excluding hydrogens is 246 g/mol. The van der Waals surface area contributed by atoms with Crippen molar-refractivity contribution in [1.29, 1.82) is 0 Å². The smallest absolute Gasteiger partial charge is 0.341 e. The van der Waals surface area contributed by atoms with E-state index in [0.29, 0.717) is 16.7 Å². The number of carbonyl (C=O) groups is 1. The molecule has 1 heterocycles. The van der Waals surface area contributed by atoms with Crippen LogP contribution in [-0.2, 0) is 7.05 Å². The average molecular weight is 261 g/mol. The summed E-state index contributed by atoms with van der Waals surface area (Å²) in [7, 11) is 1.71. The highest BCUT2D eigenvalue weighted by Crippen LogP contribution is 2.19. The molecule has 0 aliphatic carbocycles. The van der Waals surface area contributed by atoms with Gasteiger partial charge in [-0.2, -0.15) is 0 Å². The Labute approximate surface area is 110 Å². The predicted octanol–water partition coefficient (Wildman–Crippen LogP) is 2.02. The Kier molecular flexibility index (Phi) is 3.29. The number of aryl methyl sites for hydroxylation is 1. The fourth-order valence-corrected chi connectivity index (χ4v) is 1.97. The minimum absolute atomic E-state index is 0.0102. The maximum Gasteiger partial charge on any atom is 0.341 e. The second-order valence-corrected chi connectivity index (χ2v) is 4.63. The number of carboxylic acid groups (broad SMARTS) is 1. The first kappa shape index (κ1) is 13.1. The van der Waals surface area contributed by atoms with Crippen LogP contribution in [0.1, 0.15) is 24.2 Å². The Hall–Kier alpha value is -2.30. The molecule has 5 nitrogen and oxygen atoms in total. The Morgan fingerprint density at radius 1 is 1.37 bits per heavy atom. The SMILES string of the molecule is CC(C)Oc1ccc2c(c1)c(=O)c(C(=O)O)cn2C. The molecule has 0 spiro atoms. The van der Waals surface area contributed by atoms with Crippen LogP contribution < -0.4 is 10.2 Å². The molecule has 2 aromatic rings. The molecule has 0 radical (unpaired) electrons. The lowest BCUT2D eigenvalue weighted by molar-refractivity contribution is 0.0695. The second-order valence-electron chi connectivity index (χ2n) is 4.63. The van der Waals surface area contributed by atoms with Crippen LogP contribution in [0.3, 0.4) is 0 Å². The number of fused-ring (bicyclic) bond motifs is 1. The molecule has 1 aromatic heterocycles. The van der Waals surface area contributed by atoms with E-state index in [9.17, 15) is 9.59 Å². The van der Waals surface area contributed by atoms with Gasteiger partial charge in [0.15, 0.2) is 0 Å². The first-order valence-corrected chi connectivity index (χ1v) is 5.93. The van der Waals surface area contributed by atoms with Crippen LogP contribution in [0.4, 0.5) is 0 Å². The van der Waals surface area contributed by atoms with Gasteiger partial charge in [0, 0.05) is 13.2 Å². The quantitative estimate of drug-likeness (QED) is 0.917. The third kappa shape index (κ3) is 2.45. The van der Waals surface area contributed by atoms with Gasteiger partial charge in [-0.3, -0.25) is 4.79 Å². The molecule has 5 heteroatoms. The van der Waals surface area contributed by atoms with Crippen molar-refractivity contribution < 1.29 is 14.6 Å². The number of benzene rings is 1. The fourth-order valence-electron chi connectivity index (χ4n) is 1.97. The lowest BCUT2D eigenvalue weighted by atomic mass is 10.1. The van der Waals surface area contributed by atoms with Gasteiger partial charge >= 0.3 is 5.97 Å². The highest BCUT2D eigenvalue weighted by molar-refractivity contribution is 5.92. The van der Waals surface area contributed by atoms with E-state index in [1.807, 2.05) is 13.8 Å². The van der Waals surface area contributed by atoms with Crippen molar-refractivity contribution in [2.75, 3.05) is 0 Å². The van der Waals surface area contributed by atoms with Gasteiger partial charge in [-0.25, -0.2) is 4.79 Å². The maximum atomic E-state index is 12.1. The number of rotatable bonds is 3. The first-order valence-electron chi connectivity index (χ1n) is 5.93. The fraction of sp³-hybridized carbons (Fsp3) is 0.286. The Morgan fingerprint density at radius 3 is 2.63 bits per heavy atom. The van der Waals surface area contributed by atoms with Crippen LogP contribution in [0.2, 0.25) is 0 Å². The molecule has 0 amide bonds. The number of hydrogen-bond acceptors (Lipinski definition) is 3. The van der Waals surface area contributed by atoms with Crippen molar-refractivity contribution in [2.45, 2.75) is 20.0 Å². The van der Waals surface area contributed by atoms with Crippen molar-refractivity contribution in [2.24, 2.45) is 7.05 Å². The van der Waals surface area contributed by atoms with Crippen molar-refractivity contribution in [3.63, 3.8) is 0 Å². The number of aromatic carboxylic acids is 1. The van der Waals surface area contributed by atoms with Gasteiger partial charge in [0.1, 0.15) is 11.3 Å². The molecule has 0 atom stereocenters. The van der Waals surface area contributed by atoms with Crippen molar-refractivity contribution in [3.8, 4) is 5.75 Å². The van der Waals surface area contributed by atoms with Crippen LogP contribution in [0, 0.1) is 0 Å². The van der Waals surface area contributed by atoms with Crippen LogP contribution in [0.25, 0.3) is 10.9 Å². The van der Waals surface area contributed by atoms with E-state index in [0.717, 1.165) is 0 Å². The zero-order valence-electron chi connectivity index (χ0n) is 11.0. The molecule has 100 valence electrons. The molecule has 0 unspecified atom stereocenters. The standard InChI is InChI=1S/C14H15NO4/c1-8(2)19-9-4-5-12-10(6-9)13(16)11(14(17)18)7-15(12)3/h4-8H,1-3H3,(H,17,18). The number of pyridine rings is 1. The lowest BCUT2D eigenvalue weighted by Crippen LogP contribution is -2.18. The van der Waals surface area contributed by atoms with Gasteiger partial charge in [-0.1, -0.05) is 0 Å². The molecule has 19 heavy (non-hydrogen) atoms. The normalized spacial score (nSPS) is 10.9. The molecule has 0 saturated carbocycles. The monoisotopic (exact) mass is 261 g/mol. The minimum atomic E-state index is -1.22. The van der Waals surface area contributed by atoms with Crippen molar-refractivity contribution in [1.82, 2.24) is 4.57 Å². The minimum Gasteiger partial charge on any atom is -0.491 e. The summed E-state index contributed by atoms with van der Waals surface area (Å²) in [6, 6.07) is 5.10. The summed E-state index contributed by atoms with van der Waals surface area (Å²) in [5, 5.41) is 9.37. The highest BCUT2D eigenvalue weighted by Gasteiger charge is 2.14. The van der Waals surface area contributed by atoms with Crippen LogP contribution in [0.5, 0.6) is 5.75 Å². The zero-order chi connectivity index (χ0) is 14.2. The summed E-state index contributed by atoms with van der Waals surface area (Å²) in [6.45, 7) is 3.77. The van der Waals surface area contributed by atoms with Crippen LogP contribution in [0.15, 0.2) is 29.2 Å². The van der Waals surface area contributed by atoms with E-state index in [4.69, 9.17) is 9.84 Å². The molecule has 0 fully saturated rings. The number of nitrogens with zero attached hydrogens (tertiary/aromatic N) is 1. The Bertz CT molecular complexity index is 700. The number of hydrogen-bond donors (Lipinski definition) is 1. The van der Waals surface area contributed by atoms with E-state index in [1.165, 1.54) is 6.20 Å². The maximum absolute atomic E-state index is 12.1. The summed E-state index contributed by atoms with van der Waals surface area (Å²) in [4.78, 5) is 23.1. The van der Waals surface area contributed by atoms with Gasteiger partial charge in [-0.15, -0.1) is 0 Å². The van der Waals surface area contributed by atoms with E-state index >= 15 is 0 Å². The van der Waals surface area contributed by atoms with Gasteiger partial charge in [0.25, 0.3) is 0 Å². The Morgan fingerprint density at radius 2 is 2.05 bits per heavy atom. The second kappa shape index (κ2) is 4.76. The number of aromatic nitrogens is 1. The third-order valence-electron chi connectivity index (χ3n) is 2.76. The molecule has 2 rings (SSSR count). The van der Waals surface area contributed by atoms with E-state index in [1.54, 1.807) is 29.8 Å². The first-order chi connectivity index (χ1) is 8.90. The summed E-state index contributed by atoms with van der Waals surface area (Å²) < 4.78 is 7.15. The molecule has 1 N–H and O–H groups in total. The molecule has 0 bridgehead atoms. The van der Waals surface area contributed by atoms with Gasteiger partial charge in [0.2, 0.25) is 5.43 Å².